The van der Waals surface area contributed by atoms with Crippen molar-refractivity contribution >= 4 is 17.5 Å². The Morgan fingerprint density at radius 2 is 2.04 bits per heavy atom. The molecule has 1 aromatic carbocycles. The molecule has 24 heavy (non-hydrogen) atoms. The molecule has 3 rings (SSSR count). The number of carbonyl (C=O) groups is 2. The minimum absolute atomic E-state index is 0.0476. The fourth-order valence-electron chi connectivity index (χ4n) is 3.33. The zero-order valence-electron chi connectivity index (χ0n) is 14.3. The second-order valence-corrected chi connectivity index (χ2v) is 7.66. The van der Waals surface area contributed by atoms with Gasteiger partial charge in [0.2, 0.25) is 5.91 Å². The van der Waals surface area contributed by atoms with E-state index in [1.807, 2.05) is 20.8 Å². The van der Waals surface area contributed by atoms with Gasteiger partial charge in [-0.25, -0.2) is 4.39 Å². The number of amides is 2. The van der Waals surface area contributed by atoms with E-state index < -0.39 is 11.0 Å². The summed E-state index contributed by atoms with van der Waals surface area (Å²) in [4.78, 5) is 28.1. The van der Waals surface area contributed by atoms with Crippen LogP contribution in [-0.2, 0) is 14.3 Å². The Balaban J connectivity index is 1.79. The maximum atomic E-state index is 13.5. The molecule has 2 aliphatic rings. The van der Waals surface area contributed by atoms with Crippen LogP contribution in [0.5, 0.6) is 0 Å². The molecular formula is C18H23FN2O3. The van der Waals surface area contributed by atoms with Gasteiger partial charge in [-0.05, 0) is 24.6 Å². The van der Waals surface area contributed by atoms with Crippen LogP contribution >= 0.6 is 0 Å². The van der Waals surface area contributed by atoms with Crippen LogP contribution in [0.25, 0.3) is 0 Å². The molecule has 1 unspecified atom stereocenters. The second kappa shape index (κ2) is 5.84. The van der Waals surface area contributed by atoms with Crippen LogP contribution in [0.3, 0.4) is 0 Å². The summed E-state index contributed by atoms with van der Waals surface area (Å²) >= 11 is 0. The van der Waals surface area contributed by atoms with Gasteiger partial charge in [0.05, 0.1) is 13.1 Å². The van der Waals surface area contributed by atoms with Crippen molar-refractivity contribution in [2.24, 2.45) is 5.41 Å². The van der Waals surface area contributed by atoms with Crippen LogP contribution in [0, 0.1) is 11.2 Å². The molecule has 5 nitrogen and oxygen atoms in total. The van der Waals surface area contributed by atoms with Gasteiger partial charge in [0.25, 0.3) is 5.91 Å². The largest absolute Gasteiger partial charge is 0.361 e. The smallest absolute Gasteiger partial charge is 0.253 e. The van der Waals surface area contributed by atoms with Gasteiger partial charge < -0.3 is 14.5 Å². The zero-order valence-corrected chi connectivity index (χ0v) is 14.3. The van der Waals surface area contributed by atoms with Crippen LogP contribution in [0.15, 0.2) is 24.3 Å². The number of morpholine rings is 1. The number of hydrogen-bond donors (Lipinski definition) is 0. The van der Waals surface area contributed by atoms with E-state index in [0.717, 1.165) is 0 Å². The summed E-state index contributed by atoms with van der Waals surface area (Å²) in [6.07, 6.45) is 0.675. The first-order valence-corrected chi connectivity index (χ1v) is 8.20. The van der Waals surface area contributed by atoms with Crippen molar-refractivity contribution in [2.45, 2.75) is 32.8 Å². The number of nitrogens with zero attached hydrogens (tertiary/aromatic N) is 2. The highest BCUT2D eigenvalue weighted by molar-refractivity contribution is 5.95. The lowest BCUT2D eigenvalue weighted by Gasteiger charge is -2.40. The lowest BCUT2D eigenvalue weighted by Crippen LogP contribution is -2.56. The van der Waals surface area contributed by atoms with Crippen molar-refractivity contribution in [1.29, 1.82) is 0 Å². The summed E-state index contributed by atoms with van der Waals surface area (Å²) in [5.74, 6) is -0.485. The number of hydrogen-bond acceptors (Lipinski definition) is 3. The maximum Gasteiger partial charge on any atom is 0.253 e. The summed E-state index contributed by atoms with van der Waals surface area (Å²) in [5, 5.41) is 0. The number of halogens is 1. The monoisotopic (exact) mass is 334 g/mol. The molecule has 2 amide bonds. The van der Waals surface area contributed by atoms with E-state index in [4.69, 9.17) is 4.74 Å². The molecule has 2 heterocycles. The summed E-state index contributed by atoms with van der Waals surface area (Å²) in [6, 6.07) is 6.00. The standard InChI is InChI=1S/C18H23FN2O3/c1-17(2,3)16(23)20-8-7-18(11-20)12-21(15(22)10-24-18)14-6-4-5-13(19)9-14/h4-6,9H,7-8,10-12H2,1-3H3. The molecule has 2 aliphatic heterocycles. The molecule has 1 aromatic rings. The molecule has 0 radical (unpaired) electrons. The molecule has 1 spiro atoms. The molecule has 0 N–H and O–H groups in total. The van der Waals surface area contributed by atoms with Crippen LogP contribution < -0.4 is 4.90 Å². The van der Waals surface area contributed by atoms with E-state index in [1.165, 1.54) is 12.1 Å². The molecule has 2 fully saturated rings. The predicted molar refractivity (Wildman–Crippen MR) is 88.1 cm³/mol. The molecule has 2 saturated heterocycles. The summed E-state index contributed by atoms with van der Waals surface area (Å²) in [6.45, 7) is 7.04. The van der Waals surface area contributed by atoms with Gasteiger partial charge in [-0.3, -0.25) is 9.59 Å². The predicted octanol–water partition coefficient (Wildman–Crippen LogP) is 2.21. The first kappa shape index (κ1) is 16.9. The summed E-state index contributed by atoms with van der Waals surface area (Å²) < 4.78 is 19.3. The third-order valence-corrected chi connectivity index (χ3v) is 4.61. The van der Waals surface area contributed by atoms with Crippen molar-refractivity contribution in [1.82, 2.24) is 4.90 Å². The summed E-state index contributed by atoms with van der Waals surface area (Å²) in [7, 11) is 0. The third-order valence-electron chi connectivity index (χ3n) is 4.61. The topological polar surface area (TPSA) is 49.9 Å². The summed E-state index contributed by atoms with van der Waals surface area (Å²) in [5.41, 5.74) is -0.484. The average Bonchev–Trinajstić information content (AvgIpc) is 2.92. The fraction of sp³-hybridized carbons (Fsp3) is 0.556. The minimum Gasteiger partial charge on any atom is -0.361 e. The van der Waals surface area contributed by atoms with Gasteiger partial charge in [0.15, 0.2) is 0 Å². The van der Waals surface area contributed by atoms with Crippen molar-refractivity contribution < 1.29 is 18.7 Å². The SMILES string of the molecule is CC(C)(C)C(=O)N1CCC2(C1)CN(c1cccc(F)c1)C(=O)CO2. The quantitative estimate of drug-likeness (QED) is 0.791. The molecular weight excluding hydrogens is 311 g/mol. The third kappa shape index (κ3) is 3.15. The minimum atomic E-state index is -0.568. The number of carbonyl (C=O) groups excluding carboxylic acids is 2. The van der Waals surface area contributed by atoms with Gasteiger partial charge in [0.1, 0.15) is 18.0 Å². The van der Waals surface area contributed by atoms with Gasteiger partial charge in [0, 0.05) is 17.6 Å². The number of rotatable bonds is 1. The van der Waals surface area contributed by atoms with Crippen LogP contribution in [0.1, 0.15) is 27.2 Å². The average molecular weight is 334 g/mol. The molecule has 0 bridgehead atoms. The fourth-order valence-corrected chi connectivity index (χ4v) is 3.33. The molecule has 0 aromatic heterocycles. The Morgan fingerprint density at radius 3 is 2.71 bits per heavy atom. The highest BCUT2D eigenvalue weighted by Crippen LogP contribution is 2.34. The van der Waals surface area contributed by atoms with Crippen LogP contribution in [0.2, 0.25) is 0 Å². The highest BCUT2D eigenvalue weighted by Gasteiger charge is 2.47. The Labute approximate surface area is 141 Å². The highest BCUT2D eigenvalue weighted by atomic mass is 19.1. The van der Waals surface area contributed by atoms with Crippen LogP contribution in [0.4, 0.5) is 10.1 Å². The molecule has 0 aliphatic carbocycles. The first-order valence-electron chi connectivity index (χ1n) is 8.20. The molecule has 1 atom stereocenters. The molecule has 0 saturated carbocycles. The van der Waals surface area contributed by atoms with E-state index in [-0.39, 0.29) is 24.2 Å². The normalized spacial score (nSPS) is 24.8. The van der Waals surface area contributed by atoms with E-state index in [1.54, 1.807) is 21.9 Å². The lowest BCUT2D eigenvalue weighted by molar-refractivity contribution is -0.143. The van der Waals surface area contributed by atoms with Crippen LogP contribution in [-0.4, -0.2) is 48.6 Å². The molecule has 130 valence electrons. The lowest BCUT2D eigenvalue weighted by atomic mass is 9.94. The van der Waals surface area contributed by atoms with Gasteiger partial charge in [-0.1, -0.05) is 26.8 Å². The van der Waals surface area contributed by atoms with Gasteiger partial charge in [-0.2, -0.15) is 0 Å². The number of anilines is 1. The number of ether oxygens (including phenoxy) is 1. The van der Waals surface area contributed by atoms with E-state index in [2.05, 4.69) is 0 Å². The Morgan fingerprint density at radius 1 is 1.29 bits per heavy atom. The van der Waals surface area contributed by atoms with Crippen molar-refractivity contribution in [3.8, 4) is 0 Å². The van der Waals surface area contributed by atoms with Gasteiger partial charge >= 0.3 is 0 Å². The van der Waals surface area contributed by atoms with Crippen molar-refractivity contribution in [3.63, 3.8) is 0 Å². The Hall–Kier alpha value is -1.95. The second-order valence-electron chi connectivity index (χ2n) is 7.66. The van der Waals surface area contributed by atoms with E-state index in [9.17, 15) is 14.0 Å². The molecule has 6 heteroatoms. The van der Waals surface area contributed by atoms with Crippen molar-refractivity contribution in [3.05, 3.63) is 30.1 Å². The van der Waals surface area contributed by atoms with Crippen molar-refractivity contribution in [2.75, 3.05) is 31.1 Å². The Kier molecular flexibility index (Phi) is 4.11. The first-order chi connectivity index (χ1) is 11.2. The van der Waals surface area contributed by atoms with E-state index >= 15 is 0 Å². The Bertz CT molecular complexity index is 670. The van der Waals surface area contributed by atoms with Gasteiger partial charge in [-0.15, -0.1) is 0 Å². The maximum absolute atomic E-state index is 13.5. The number of benzene rings is 1. The zero-order chi connectivity index (χ0) is 17.5. The number of likely N-dealkylation sites (tertiary alicyclic amines) is 1. The van der Waals surface area contributed by atoms with E-state index in [0.29, 0.717) is 31.7 Å².